The van der Waals surface area contributed by atoms with E-state index in [2.05, 4.69) is 4.98 Å². The minimum absolute atomic E-state index is 0.00799. The summed E-state index contributed by atoms with van der Waals surface area (Å²) >= 11 is 1.54. The van der Waals surface area contributed by atoms with Crippen LogP contribution >= 0.6 is 11.3 Å². The maximum atomic E-state index is 12.4. The summed E-state index contributed by atoms with van der Waals surface area (Å²) in [6.45, 7) is 4.69. The fraction of sp³-hybridized carbons (Fsp3) is 0.615. The van der Waals surface area contributed by atoms with E-state index in [1.807, 2.05) is 19.2 Å². The van der Waals surface area contributed by atoms with Gasteiger partial charge in [-0.1, -0.05) is 6.92 Å². The number of thiazole rings is 1. The molecule has 1 aromatic rings. The molecule has 6 nitrogen and oxygen atoms in total. The first-order valence-electron chi connectivity index (χ1n) is 6.55. The Balaban J connectivity index is 2.04. The number of carbonyl (C=O) groups is 2. The molecule has 1 saturated heterocycles. The summed E-state index contributed by atoms with van der Waals surface area (Å²) in [6, 6.07) is -0.963. The number of rotatable bonds is 3. The molecule has 0 radical (unpaired) electrons. The van der Waals surface area contributed by atoms with E-state index < -0.39 is 12.0 Å². The van der Waals surface area contributed by atoms with E-state index in [1.165, 1.54) is 21.1 Å². The van der Waals surface area contributed by atoms with Gasteiger partial charge in [0, 0.05) is 19.0 Å². The van der Waals surface area contributed by atoms with Gasteiger partial charge in [0.25, 0.3) is 0 Å². The van der Waals surface area contributed by atoms with Crippen LogP contribution < -0.4 is 0 Å². The van der Waals surface area contributed by atoms with E-state index in [4.69, 9.17) is 0 Å². The van der Waals surface area contributed by atoms with Crippen molar-refractivity contribution >= 4 is 23.3 Å². The monoisotopic (exact) mass is 297 g/mol. The van der Waals surface area contributed by atoms with Gasteiger partial charge in [-0.05, 0) is 19.3 Å². The van der Waals surface area contributed by atoms with E-state index in [9.17, 15) is 14.7 Å². The molecule has 1 N–H and O–H groups in total. The van der Waals surface area contributed by atoms with E-state index in [0.717, 1.165) is 17.1 Å². The predicted molar refractivity (Wildman–Crippen MR) is 75.6 cm³/mol. The first-order valence-corrected chi connectivity index (χ1v) is 7.43. The van der Waals surface area contributed by atoms with Crippen LogP contribution in [0.1, 0.15) is 24.0 Å². The Hall–Kier alpha value is -1.63. The molecule has 1 aliphatic heterocycles. The third-order valence-corrected chi connectivity index (χ3v) is 4.41. The largest absolute Gasteiger partial charge is 0.480 e. The second kappa shape index (κ2) is 5.78. The van der Waals surface area contributed by atoms with Gasteiger partial charge >= 0.3 is 12.0 Å². The molecule has 1 aromatic heterocycles. The van der Waals surface area contributed by atoms with Crippen LogP contribution in [0.4, 0.5) is 4.79 Å². The van der Waals surface area contributed by atoms with Gasteiger partial charge in [0.2, 0.25) is 0 Å². The van der Waals surface area contributed by atoms with Crippen LogP contribution in [0.2, 0.25) is 0 Å². The number of nitrogens with zero attached hydrogens (tertiary/aromatic N) is 3. The van der Waals surface area contributed by atoms with Crippen LogP contribution in [-0.4, -0.2) is 51.5 Å². The van der Waals surface area contributed by atoms with E-state index >= 15 is 0 Å². The van der Waals surface area contributed by atoms with Gasteiger partial charge in [-0.25, -0.2) is 14.6 Å². The molecule has 2 atom stereocenters. The highest BCUT2D eigenvalue weighted by molar-refractivity contribution is 7.09. The number of urea groups is 1. The molecular weight excluding hydrogens is 278 g/mol. The van der Waals surface area contributed by atoms with Crippen LogP contribution in [0, 0.1) is 12.8 Å². The number of likely N-dealkylation sites (tertiary alicyclic amines) is 1. The van der Waals surface area contributed by atoms with Crippen molar-refractivity contribution in [1.29, 1.82) is 0 Å². The Morgan fingerprint density at radius 3 is 2.85 bits per heavy atom. The van der Waals surface area contributed by atoms with Gasteiger partial charge in [-0.3, -0.25) is 0 Å². The summed E-state index contributed by atoms with van der Waals surface area (Å²) in [5, 5.41) is 12.1. The zero-order valence-electron chi connectivity index (χ0n) is 11.9. The lowest BCUT2D eigenvalue weighted by atomic mass is 10.0. The van der Waals surface area contributed by atoms with Gasteiger partial charge < -0.3 is 14.9 Å². The second-order valence-electron chi connectivity index (χ2n) is 5.24. The topological polar surface area (TPSA) is 73.7 Å². The smallest absolute Gasteiger partial charge is 0.326 e. The van der Waals surface area contributed by atoms with Crippen molar-refractivity contribution in [3.63, 3.8) is 0 Å². The summed E-state index contributed by atoms with van der Waals surface area (Å²) in [4.78, 5) is 31.0. The molecule has 2 unspecified atom stereocenters. The van der Waals surface area contributed by atoms with E-state index in [-0.39, 0.29) is 11.9 Å². The molecule has 0 aromatic carbocycles. The van der Waals surface area contributed by atoms with Crippen molar-refractivity contribution in [3.8, 4) is 0 Å². The minimum atomic E-state index is -0.929. The highest BCUT2D eigenvalue weighted by Gasteiger charge is 2.40. The van der Waals surface area contributed by atoms with Gasteiger partial charge in [0.15, 0.2) is 0 Å². The Morgan fingerprint density at radius 1 is 1.60 bits per heavy atom. The fourth-order valence-corrected chi connectivity index (χ4v) is 3.15. The Kier molecular flexibility index (Phi) is 4.27. The summed E-state index contributed by atoms with van der Waals surface area (Å²) < 4.78 is 0. The lowest BCUT2D eigenvalue weighted by Gasteiger charge is -2.28. The molecule has 0 aliphatic carbocycles. The highest BCUT2D eigenvalue weighted by atomic mass is 32.1. The van der Waals surface area contributed by atoms with Crippen molar-refractivity contribution in [2.24, 2.45) is 5.92 Å². The first-order chi connectivity index (χ1) is 9.40. The number of aromatic nitrogens is 1. The molecule has 1 fully saturated rings. The number of aryl methyl sites for hydroxylation is 1. The van der Waals surface area contributed by atoms with Gasteiger partial charge in [-0.15, -0.1) is 11.3 Å². The minimum Gasteiger partial charge on any atom is -0.480 e. The van der Waals surface area contributed by atoms with Crippen LogP contribution in [0.5, 0.6) is 0 Å². The summed E-state index contributed by atoms with van der Waals surface area (Å²) in [5.74, 6) is -0.937. The Labute approximate surface area is 122 Å². The fourth-order valence-electron chi connectivity index (χ4n) is 2.55. The normalized spacial score (nSPS) is 22.1. The molecule has 1 aliphatic rings. The lowest BCUT2D eigenvalue weighted by Crippen LogP contribution is -2.47. The van der Waals surface area contributed by atoms with Crippen molar-refractivity contribution in [3.05, 3.63) is 16.1 Å². The Bertz CT molecular complexity index is 517. The van der Waals surface area contributed by atoms with Crippen molar-refractivity contribution in [2.75, 3.05) is 13.6 Å². The number of amides is 2. The van der Waals surface area contributed by atoms with Gasteiger partial charge in [0.05, 0.1) is 17.2 Å². The zero-order valence-corrected chi connectivity index (χ0v) is 12.7. The molecule has 0 spiro atoms. The molecule has 2 heterocycles. The maximum Gasteiger partial charge on any atom is 0.326 e. The Morgan fingerprint density at radius 2 is 2.30 bits per heavy atom. The summed E-state index contributed by atoms with van der Waals surface area (Å²) in [7, 11) is 1.68. The van der Waals surface area contributed by atoms with Gasteiger partial charge in [0.1, 0.15) is 6.04 Å². The zero-order chi connectivity index (χ0) is 14.9. The highest BCUT2D eigenvalue weighted by Crippen LogP contribution is 2.25. The second-order valence-corrected chi connectivity index (χ2v) is 6.30. The third kappa shape index (κ3) is 2.92. The molecular formula is C13H19N3O3S. The van der Waals surface area contributed by atoms with Crippen molar-refractivity contribution in [1.82, 2.24) is 14.8 Å². The molecule has 20 heavy (non-hydrogen) atoms. The molecule has 7 heteroatoms. The first kappa shape index (κ1) is 14.8. The third-order valence-electron chi connectivity index (χ3n) is 3.59. The predicted octanol–water partition coefficient (Wildman–Crippen LogP) is 1.80. The molecule has 110 valence electrons. The van der Waals surface area contributed by atoms with Crippen LogP contribution in [0.3, 0.4) is 0 Å². The molecule has 2 amide bonds. The number of carboxylic acid groups (broad SMARTS) is 1. The number of carbonyl (C=O) groups excluding carboxylic acids is 1. The van der Waals surface area contributed by atoms with Crippen LogP contribution in [0.15, 0.2) is 5.38 Å². The van der Waals surface area contributed by atoms with Crippen LogP contribution in [-0.2, 0) is 11.3 Å². The lowest BCUT2D eigenvalue weighted by molar-refractivity contribution is -0.142. The number of carboxylic acids is 1. The standard InChI is InChI=1S/C13H19N3O3S/c1-8-4-5-16(11(8)12(17)18)13(19)15(3)6-10-7-20-9(2)14-10/h7-8,11H,4-6H2,1-3H3,(H,17,18). The summed E-state index contributed by atoms with van der Waals surface area (Å²) in [5.41, 5.74) is 0.836. The number of hydrogen-bond acceptors (Lipinski definition) is 4. The van der Waals surface area contributed by atoms with Gasteiger partial charge in [-0.2, -0.15) is 0 Å². The number of aliphatic carboxylic acids is 1. The molecule has 0 bridgehead atoms. The van der Waals surface area contributed by atoms with Crippen LogP contribution in [0.25, 0.3) is 0 Å². The van der Waals surface area contributed by atoms with Crippen molar-refractivity contribution < 1.29 is 14.7 Å². The van der Waals surface area contributed by atoms with E-state index in [0.29, 0.717) is 13.1 Å². The molecule has 0 saturated carbocycles. The van der Waals surface area contributed by atoms with Crippen molar-refractivity contribution in [2.45, 2.75) is 32.9 Å². The average Bonchev–Trinajstić information content (AvgIpc) is 2.94. The SMILES string of the molecule is Cc1nc(CN(C)C(=O)N2CCC(C)C2C(=O)O)cs1. The molecule has 2 rings (SSSR count). The summed E-state index contributed by atoms with van der Waals surface area (Å²) in [6.07, 6.45) is 0.729. The van der Waals surface area contributed by atoms with E-state index in [1.54, 1.807) is 7.05 Å². The maximum absolute atomic E-state index is 12.4. The average molecular weight is 297 g/mol. The quantitative estimate of drug-likeness (QED) is 0.923. The number of hydrogen-bond donors (Lipinski definition) is 1.